The predicted molar refractivity (Wildman–Crippen MR) is 125 cm³/mol. The first-order valence-electron chi connectivity index (χ1n) is 9.53. The van der Waals surface area contributed by atoms with E-state index in [1.54, 1.807) is 43.3 Å². The van der Waals surface area contributed by atoms with E-state index in [-0.39, 0.29) is 29.3 Å². The molecule has 168 valence electrons. The van der Waals surface area contributed by atoms with E-state index in [1.165, 1.54) is 31.4 Å². The number of sulfonamides is 1. The Kier molecular flexibility index (Phi) is 7.46. The molecule has 3 aromatic carbocycles. The summed E-state index contributed by atoms with van der Waals surface area (Å²) in [5, 5.41) is 10.2. The van der Waals surface area contributed by atoms with Crippen molar-refractivity contribution in [1.29, 1.82) is 0 Å². The average Bonchev–Trinajstić information content (AvgIpc) is 2.77. The average molecular weight is 494 g/mol. The summed E-state index contributed by atoms with van der Waals surface area (Å²) in [6.07, 6.45) is 0. The number of aliphatic hydroxyl groups is 1. The fourth-order valence-corrected chi connectivity index (χ4v) is 5.34. The summed E-state index contributed by atoms with van der Waals surface area (Å²) in [6, 6.07) is 15.6. The van der Waals surface area contributed by atoms with Crippen LogP contribution in [0.2, 0.25) is 10.0 Å². The normalized spacial score (nSPS) is 11.3. The van der Waals surface area contributed by atoms with Crippen molar-refractivity contribution >= 4 is 44.9 Å². The van der Waals surface area contributed by atoms with E-state index in [2.05, 4.69) is 0 Å². The molecule has 0 unspecified atom stereocenters. The Morgan fingerprint density at radius 2 is 1.69 bits per heavy atom. The second-order valence-corrected chi connectivity index (χ2v) is 9.74. The molecule has 0 saturated carbocycles. The molecule has 1 N–H and O–H groups in total. The standard InChI is InChI=1S/C23H21Cl2NO5S/c1-15-9-16(14-27)11-19(10-15)32(29,30)26(13-20-21(24)7-4-8-22(20)25)18-6-3-5-17(12-18)23(28)31-2/h3-12,27H,13-14H2,1-2H3. The fourth-order valence-electron chi connectivity index (χ4n) is 3.24. The van der Waals surface area contributed by atoms with Crippen LogP contribution in [0.25, 0.3) is 0 Å². The number of aliphatic hydroxyl groups excluding tert-OH is 1. The number of halogens is 2. The van der Waals surface area contributed by atoms with Gasteiger partial charge in [0, 0.05) is 15.6 Å². The number of carbonyl (C=O) groups is 1. The van der Waals surface area contributed by atoms with Crippen LogP contribution in [0.5, 0.6) is 0 Å². The van der Waals surface area contributed by atoms with Gasteiger partial charge in [-0.1, -0.05) is 41.4 Å². The Morgan fingerprint density at radius 3 is 2.31 bits per heavy atom. The minimum atomic E-state index is -4.14. The quantitative estimate of drug-likeness (QED) is 0.469. The third-order valence-electron chi connectivity index (χ3n) is 4.80. The Labute approximate surface area is 197 Å². The van der Waals surface area contributed by atoms with Crippen molar-refractivity contribution in [2.75, 3.05) is 11.4 Å². The molecule has 0 radical (unpaired) electrons. The van der Waals surface area contributed by atoms with E-state index in [0.717, 1.165) is 4.31 Å². The molecule has 0 aliphatic rings. The molecule has 3 aromatic rings. The second kappa shape index (κ2) is 9.92. The van der Waals surface area contributed by atoms with Crippen molar-refractivity contribution in [3.63, 3.8) is 0 Å². The van der Waals surface area contributed by atoms with Crippen LogP contribution in [-0.4, -0.2) is 26.6 Å². The zero-order valence-corrected chi connectivity index (χ0v) is 19.7. The molecule has 0 amide bonds. The summed E-state index contributed by atoms with van der Waals surface area (Å²) in [4.78, 5) is 12.0. The molecule has 0 aliphatic carbocycles. The van der Waals surface area contributed by atoms with E-state index >= 15 is 0 Å². The SMILES string of the molecule is COC(=O)c1cccc(N(Cc2c(Cl)cccc2Cl)S(=O)(=O)c2cc(C)cc(CO)c2)c1. The molecule has 0 atom stereocenters. The first kappa shape index (κ1) is 24.1. The minimum absolute atomic E-state index is 0.00630. The summed E-state index contributed by atoms with van der Waals surface area (Å²) in [5.74, 6) is -0.599. The van der Waals surface area contributed by atoms with Gasteiger partial charge in [-0.3, -0.25) is 4.31 Å². The zero-order chi connectivity index (χ0) is 23.5. The van der Waals surface area contributed by atoms with Crippen molar-refractivity contribution in [1.82, 2.24) is 0 Å². The third-order valence-corrected chi connectivity index (χ3v) is 7.26. The van der Waals surface area contributed by atoms with Crippen molar-refractivity contribution in [3.8, 4) is 0 Å². The largest absolute Gasteiger partial charge is 0.465 e. The summed E-state index contributed by atoms with van der Waals surface area (Å²) < 4.78 is 33.4. The lowest BCUT2D eigenvalue weighted by molar-refractivity contribution is 0.0600. The zero-order valence-electron chi connectivity index (χ0n) is 17.4. The lowest BCUT2D eigenvalue weighted by atomic mass is 10.1. The number of hydrogen-bond acceptors (Lipinski definition) is 5. The molecule has 3 rings (SSSR count). The number of esters is 1. The molecule has 6 nitrogen and oxygen atoms in total. The van der Waals surface area contributed by atoms with Gasteiger partial charge in [0.1, 0.15) is 0 Å². The van der Waals surface area contributed by atoms with Crippen LogP contribution in [0.15, 0.2) is 65.6 Å². The van der Waals surface area contributed by atoms with E-state index in [0.29, 0.717) is 26.7 Å². The van der Waals surface area contributed by atoms with Gasteiger partial charge in [0.05, 0.1) is 36.4 Å². The van der Waals surface area contributed by atoms with Gasteiger partial charge < -0.3 is 9.84 Å². The Hall–Kier alpha value is -2.58. The maximum Gasteiger partial charge on any atom is 0.337 e. The Bertz CT molecular complexity index is 1240. The van der Waals surface area contributed by atoms with Crippen LogP contribution in [0.3, 0.4) is 0 Å². The molecule has 0 spiro atoms. The first-order valence-corrected chi connectivity index (χ1v) is 11.7. The highest BCUT2D eigenvalue weighted by Crippen LogP contribution is 2.32. The van der Waals surface area contributed by atoms with Crippen molar-refractivity contribution in [2.24, 2.45) is 0 Å². The molecule has 0 aromatic heterocycles. The topological polar surface area (TPSA) is 83.9 Å². The number of aryl methyl sites for hydroxylation is 1. The van der Waals surface area contributed by atoms with E-state index in [9.17, 15) is 18.3 Å². The number of benzene rings is 3. The second-order valence-electron chi connectivity index (χ2n) is 7.07. The Morgan fingerprint density at radius 1 is 1.03 bits per heavy atom. The minimum Gasteiger partial charge on any atom is -0.465 e. The van der Waals surface area contributed by atoms with E-state index < -0.39 is 16.0 Å². The molecule has 0 saturated heterocycles. The van der Waals surface area contributed by atoms with E-state index in [1.807, 2.05) is 0 Å². The number of rotatable bonds is 7. The molecular formula is C23H21Cl2NO5S. The summed E-state index contributed by atoms with van der Waals surface area (Å²) in [7, 11) is -2.89. The van der Waals surface area contributed by atoms with E-state index in [4.69, 9.17) is 27.9 Å². The van der Waals surface area contributed by atoms with Gasteiger partial charge in [-0.15, -0.1) is 0 Å². The van der Waals surface area contributed by atoms with Gasteiger partial charge in [0.25, 0.3) is 10.0 Å². The van der Waals surface area contributed by atoms with Crippen LogP contribution in [0, 0.1) is 6.92 Å². The highest BCUT2D eigenvalue weighted by Gasteiger charge is 2.28. The molecule has 0 heterocycles. The lowest BCUT2D eigenvalue weighted by Crippen LogP contribution is -2.31. The third kappa shape index (κ3) is 5.07. The molecule has 0 fully saturated rings. The van der Waals surface area contributed by atoms with Gasteiger partial charge >= 0.3 is 5.97 Å². The number of ether oxygens (including phenoxy) is 1. The van der Waals surface area contributed by atoms with Crippen molar-refractivity contribution < 1.29 is 23.1 Å². The van der Waals surface area contributed by atoms with Gasteiger partial charge in [0.2, 0.25) is 0 Å². The van der Waals surface area contributed by atoms with Crippen molar-refractivity contribution in [2.45, 2.75) is 25.0 Å². The van der Waals surface area contributed by atoms with Crippen LogP contribution >= 0.6 is 23.2 Å². The number of carbonyl (C=O) groups excluding carboxylic acids is 1. The predicted octanol–water partition coefficient (Wildman–Crippen LogP) is 4.98. The van der Waals surface area contributed by atoms with Gasteiger partial charge in [-0.2, -0.15) is 0 Å². The van der Waals surface area contributed by atoms with Gasteiger partial charge in [-0.25, -0.2) is 13.2 Å². The summed E-state index contributed by atoms with van der Waals surface area (Å²) in [6.45, 7) is 1.26. The van der Waals surface area contributed by atoms with Gasteiger partial charge in [0.15, 0.2) is 0 Å². The number of methoxy groups -OCH3 is 1. The highest BCUT2D eigenvalue weighted by molar-refractivity contribution is 7.92. The molecule has 0 aliphatic heterocycles. The maximum absolute atomic E-state index is 13.8. The monoisotopic (exact) mass is 493 g/mol. The highest BCUT2D eigenvalue weighted by atomic mass is 35.5. The first-order chi connectivity index (χ1) is 15.2. The van der Waals surface area contributed by atoms with Crippen molar-refractivity contribution in [3.05, 3.63) is 93.0 Å². The number of anilines is 1. The summed E-state index contributed by atoms with van der Waals surface area (Å²) in [5.41, 5.74) is 1.97. The lowest BCUT2D eigenvalue weighted by Gasteiger charge is -2.26. The van der Waals surface area contributed by atoms with Gasteiger partial charge in [-0.05, 0) is 60.5 Å². The molecule has 9 heteroatoms. The molecular weight excluding hydrogens is 473 g/mol. The number of hydrogen-bond donors (Lipinski definition) is 1. The fraction of sp³-hybridized carbons (Fsp3) is 0.174. The van der Waals surface area contributed by atoms with Crippen LogP contribution in [0.4, 0.5) is 5.69 Å². The summed E-state index contributed by atoms with van der Waals surface area (Å²) >= 11 is 12.6. The van der Waals surface area contributed by atoms with Crippen LogP contribution < -0.4 is 4.31 Å². The van der Waals surface area contributed by atoms with Crippen LogP contribution in [-0.2, 0) is 27.9 Å². The molecule has 32 heavy (non-hydrogen) atoms. The maximum atomic E-state index is 13.8. The smallest absolute Gasteiger partial charge is 0.337 e. The Balaban J connectivity index is 2.21. The van der Waals surface area contributed by atoms with Crippen LogP contribution in [0.1, 0.15) is 27.0 Å². The molecule has 0 bridgehead atoms. The number of nitrogens with zero attached hydrogens (tertiary/aromatic N) is 1.